The van der Waals surface area contributed by atoms with E-state index in [1.54, 1.807) is 0 Å². The van der Waals surface area contributed by atoms with Crippen molar-refractivity contribution in [1.82, 2.24) is 0 Å². The van der Waals surface area contributed by atoms with Gasteiger partial charge in [-0.1, -0.05) is 68.4 Å². The second-order valence-electron chi connectivity index (χ2n) is 9.95. The van der Waals surface area contributed by atoms with Crippen molar-refractivity contribution in [3.05, 3.63) is 77.9 Å². The van der Waals surface area contributed by atoms with Crippen molar-refractivity contribution in [3.8, 4) is 5.75 Å². The molecule has 3 nitrogen and oxygen atoms in total. The minimum atomic E-state index is -0.106. The first-order valence-corrected chi connectivity index (χ1v) is 12.1. The first-order valence-electron chi connectivity index (χ1n) is 12.1. The summed E-state index contributed by atoms with van der Waals surface area (Å²) in [6.07, 6.45) is 6.48. The molecule has 0 amide bonds. The van der Waals surface area contributed by atoms with Crippen molar-refractivity contribution < 1.29 is 14.3 Å². The zero-order valence-corrected chi connectivity index (χ0v) is 20.3. The quantitative estimate of drug-likeness (QED) is 0.372. The summed E-state index contributed by atoms with van der Waals surface area (Å²) in [4.78, 5) is 16.2. The van der Waals surface area contributed by atoms with Crippen LogP contribution in [-0.4, -0.2) is 11.8 Å². The molecule has 0 heterocycles. The SMILES string of the molecule is CCC(C)(C)Oc1cccc([C@@H]2CC[C@H](C[C@H](C)c3cccc4ccccc34)C2)c1.O=C=O. The lowest BCUT2D eigenvalue weighted by molar-refractivity contribution is -0.191. The molecule has 1 aliphatic rings. The molecule has 1 aliphatic carbocycles. The summed E-state index contributed by atoms with van der Waals surface area (Å²) in [6.45, 7) is 8.93. The van der Waals surface area contributed by atoms with E-state index < -0.39 is 0 Å². The van der Waals surface area contributed by atoms with Gasteiger partial charge in [-0.05, 0) is 97.7 Å². The second kappa shape index (κ2) is 11.3. The van der Waals surface area contributed by atoms with Crippen LogP contribution in [0.5, 0.6) is 5.75 Å². The van der Waals surface area contributed by atoms with Crippen LogP contribution in [-0.2, 0) is 9.59 Å². The normalized spacial score (nSPS) is 18.8. The Hall–Kier alpha value is -2.90. The summed E-state index contributed by atoms with van der Waals surface area (Å²) < 4.78 is 6.24. The maximum absolute atomic E-state index is 8.12. The zero-order chi connectivity index (χ0) is 23.8. The van der Waals surface area contributed by atoms with E-state index in [9.17, 15) is 0 Å². The molecule has 0 N–H and O–H groups in total. The molecular weight excluding hydrogens is 408 g/mol. The molecule has 0 radical (unpaired) electrons. The number of ether oxygens (including phenoxy) is 1. The van der Waals surface area contributed by atoms with Crippen LogP contribution in [0.15, 0.2) is 66.7 Å². The van der Waals surface area contributed by atoms with Crippen LogP contribution < -0.4 is 4.74 Å². The van der Waals surface area contributed by atoms with E-state index in [0.717, 1.165) is 18.1 Å². The predicted molar refractivity (Wildman–Crippen MR) is 134 cm³/mol. The zero-order valence-electron chi connectivity index (χ0n) is 20.3. The number of hydrogen-bond donors (Lipinski definition) is 0. The van der Waals surface area contributed by atoms with Gasteiger partial charge in [0.1, 0.15) is 11.4 Å². The smallest absolute Gasteiger partial charge is 0.373 e. The van der Waals surface area contributed by atoms with E-state index in [-0.39, 0.29) is 11.8 Å². The van der Waals surface area contributed by atoms with Gasteiger partial charge in [-0.3, -0.25) is 0 Å². The molecule has 0 aromatic heterocycles. The molecule has 1 saturated carbocycles. The average Bonchev–Trinajstić information content (AvgIpc) is 3.27. The Morgan fingerprint density at radius 1 is 1.00 bits per heavy atom. The topological polar surface area (TPSA) is 43.4 Å². The first-order chi connectivity index (χ1) is 15.9. The highest BCUT2D eigenvalue weighted by atomic mass is 16.5. The van der Waals surface area contributed by atoms with Crippen LogP contribution in [0, 0.1) is 5.92 Å². The lowest BCUT2D eigenvalue weighted by atomic mass is 9.86. The van der Waals surface area contributed by atoms with Gasteiger partial charge in [0.05, 0.1) is 0 Å². The van der Waals surface area contributed by atoms with Crippen LogP contribution >= 0.6 is 0 Å². The molecule has 0 aliphatic heterocycles. The van der Waals surface area contributed by atoms with Gasteiger partial charge in [0.15, 0.2) is 0 Å². The summed E-state index contributed by atoms with van der Waals surface area (Å²) >= 11 is 0. The molecule has 0 unspecified atom stereocenters. The van der Waals surface area contributed by atoms with Gasteiger partial charge in [-0.25, -0.2) is 0 Å². The van der Waals surface area contributed by atoms with Gasteiger partial charge in [-0.2, -0.15) is 9.59 Å². The number of rotatable bonds is 7. The molecule has 3 aromatic carbocycles. The van der Waals surface area contributed by atoms with Gasteiger partial charge >= 0.3 is 6.15 Å². The van der Waals surface area contributed by atoms with Crippen molar-refractivity contribution in [1.29, 1.82) is 0 Å². The van der Waals surface area contributed by atoms with Crippen LogP contribution in [0.2, 0.25) is 0 Å². The fourth-order valence-corrected chi connectivity index (χ4v) is 5.12. The third-order valence-electron chi connectivity index (χ3n) is 7.16. The van der Waals surface area contributed by atoms with E-state index in [2.05, 4.69) is 94.4 Å². The lowest BCUT2D eigenvalue weighted by Gasteiger charge is -2.25. The molecule has 0 bridgehead atoms. The molecule has 1 fully saturated rings. The molecule has 4 rings (SSSR count). The monoisotopic (exact) mass is 444 g/mol. The molecule has 3 aromatic rings. The summed E-state index contributed by atoms with van der Waals surface area (Å²) in [5.41, 5.74) is 2.86. The summed E-state index contributed by atoms with van der Waals surface area (Å²) in [5.74, 6) is 3.09. The van der Waals surface area contributed by atoms with Gasteiger partial charge in [0.25, 0.3) is 0 Å². The van der Waals surface area contributed by atoms with Crippen molar-refractivity contribution in [2.75, 3.05) is 0 Å². The van der Waals surface area contributed by atoms with Crippen LogP contribution in [0.25, 0.3) is 10.8 Å². The van der Waals surface area contributed by atoms with E-state index in [1.807, 2.05) is 0 Å². The summed E-state index contributed by atoms with van der Waals surface area (Å²) in [6, 6.07) is 24.4. The Kier molecular flexibility index (Phi) is 8.47. The summed E-state index contributed by atoms with van der Waals surface area (Å²) in [7, 11) is 0. The third kappa shape index (κ3) is 6.55. The molecule has 0 saturated heterocycles. The highest BCUT2D eigenvalue weighted by molar-refractivity contribution is 5.86. The van der Waals surface area contributed by atoms with Gasteiger partial charge < -0.3 is 4.74 Å². The predicted octanol–water partition coefficient (Wildman–Crippen LogP) is 7.90. The van der Waals surface area contributed by atoms with Crippen molar-refractivity contribution >= 4 is 16.9 Å². The van der Waals surface area contributed by atoms with Crippen molar-refractivity contribution in [2.24, 2.45) is 5.92 Å². The summed E-state index contributed by atoms with van der Waals surface area (Å²) in [5, 5.41) is 2.78. The van der Waals surface area contributed by atoms with E-state index in [0.29, 0.717) is 11.8 Å². The average molecular weight is 445 g/mol. The van der Waals surface area contributed by atoms with Gasteiger partial charge in [0, 0.05) is 0 Å². The first kappa shape index (κ1) is 24.7. The molecule has 33 heavy (non-hydrogen) atoms. The van der Waals surface area contributed by atoms with E-state index in [1.165, 1.54) is 47.6 Å². The molecular formula is C30H36O3. The lowest BCUT2D eigenvalue weighted by Crippen LogP contribution is -2.26. The van der Waals surface area contributed by atoms with Crippen LogP contribution in [0.3, 0.4) is 0 Å². The fourth-order valence-electron chi connectivity index (χ4n) is 5.12. The van der Waals surface area contributed by atoms with Crippen LogP contribution in [0.1, 0.15) is 82.8 Å². The second-order valence-corrected chi connectivity index (χ2v) is 9.95. The highest BCUT2D eigenvalue weighted by Crippen LogP contribution is 2.43. The highest BCUT2D eigenvalue weighted by Gasteiger charge is 2.28. The molecule has 174 valence electrons. The fraction of sp³-hybridized carbons (Fsp3) is 0.433. The Morgan fingerprint density at radius 3 is 2.45 bits per heavy atom. The number of carbonyl (C=O) groups excluding carboxylic acids is 2. The standard InChI is InChI=1S/C29H36O.CO2/c1-5-29(3,4)30-26-13-8-12-24(20-26)25-17-16-22(19-25)18-21(2)27-15-9-11-23-10-6-7-14-28(23)27;2-1-3/h6-15,20-22,25H,5,16-19H2,1-4H3;/t21-,22+,25+;/m0./s1. The maximum atomic E-state index is 8.12. The molecule has 3 heteroatoms. The minimum Gasteiger partial charge on any atom is -0.488 e. The Bertz CT molecular complexity index is 1070. The Labute approximate surface area is 198 Å². The molecule has 0 spiro atoms. The van der Waals surface area contributed by atoms with Gasteiger partial charge in [-0.15, -0.1) is 0 Å². The van der Waals surface area contributed by atoms with Crippen LogP contribution in [0.4, 0.5) is 0 Å². The number of benzene rings is 3. The van der Waals surface area contributed by atoms with Crippen molar-refractivity contribution in [3.63, 3.8) is 0 Å². The third-order valence-corrected chi connectivity index (χ3v) is 7.16. The Morgan fingerprint density at radius 2 is 1.70 bits per heavy atom. The van der Waals surface area contributed by atoms with Crippen molar-refractivity contribution in [2.45, 2.75) is 77.2 Å². The van der Waals surface area contributed by atoms with Gasteiger partial charge in [0.2, 0.25) is 0 Å². The maximum Gasteiger partial charge on any atom is 0.373 e. The largest absolute Gasteiger partial charge is 0.488 e. The number of hydrogen-bond acceptors (Lipinski definition) is 3. The minimum absolute atomic E-state index is 0.106. The molecule has 3 atom stereocenters. The van der Waals surface area contributed by atoms with E-state index in [4.69, 9.17) is 14.3 Å². The van der Waals surface area contributed by atoms with E-state index >= 15 is 0 Å². The number of fused-ring (bicyclic) bond motifs is 1. The Balaban J connectivity index is 0.000000968.